The zero-order valence-corrected chi connectivity index (χ0v) is 16.2. The first-order valence-corrected chi connectivity index (χ1v) is 9.27. The second-order valence-corrected chi connectivity index (χ2v) is 8.06. The molecule has 0 atom stereocenters. The Morgan fingerprint density at radius 3 is 2.74 bits per heavy atom. The SMILES string of the molecule is CC(C)=CCc1c(O)c2c(c3c1OC(C)(C)C=C3)Nc1c(O)cccc1C2. The van der Waals surface area contributed by atoms with E-state index in [2.05, 4.69) is 17.5 Å². The maximum absolute atomic E-state index is 11.1. The van der Waals surface area contributed by atoms with Crippen molar-refractivity contribution in [3.8, 4) is 17.2 Å². The third-order valence-electron chi connectivity index (χ3n) is 5.14. The maximum Gasteiger partial charge on any atom is 0.139 e. The van der Waals surface area contributed by atoms with Crippen LogP contribution in [0.15, 0.2) is 35.9 Å². The molecule has 0 saturated carbocycles. The van der Waals surface area contributed by atoms with Gasteiger partial charge in [0.1, 0.15) is 22.8 Å². The minimum absolute atomic E-state index is 0.209. The van der Waals surface area contributed by atoms with Gasteiger partial charge >= 0.3 is 0 Å². The molecular formula is C23H25NO3. The van der Waals surface area contributed by atoms with E-state index in [0.717, 1.165) is 27.9 Å². The van der Waals surface area contributed by atoms with Crippen molar-refractivity contribution in [2.45, 2.75) is 46.1 Å². The molecule has 4 nitrogen and oxygen atoms in total. The molecule has 2 aliphatic rings. The van der Waals surface area contributed by atoms with E-state index >= 15 is 0 Å². The smallest absolute Gasteiger partial charge is 0.139 e. The quantitative estimate of drug-likeness (QED) is 0.419. The van der Waals surface area contributed by atoms with Gasteiger partial charge in [-0.2, -0.15) is 0 Å². The number of phenolic OH excluding ortho intramolecular Hbond substituents is 2. The summed E-state index contributed by atoms with van der Waals surface area (Å²) in [7, 11) is 0. The number of fused-ring (bicyclic) bond motifs is 4. The van der Waals surface area contributed by atoms with Gasteiger partial charge in [-0.15, -0.1) is 0 Å². The van der Waals surface area contributed by atoms with Crippen LogP contribution in [0.2, 0.25) is 0 Å². The van der Waals surface area contributed by atoms with Crippen molar-refractivity contribution in [1.29, 1.82) is 0 Å². The topological polar surface area (TPSA) is 61.7 Å². The highest BCUT2D eigenvalue weighted by molar-refractivity contribution is 5.88. The summed E-state index contributed by atoms with van der Waals surface area (Å²) in [6.07, 6.45) is 7.36. The minimum atomic E-state index is -0.442. The molecular weight excluding hydrogens is 338 g/mol. The summed E-state index contributed by atoms with van der Waals surface area (Å²) in [4.78, 5) is 0. The predicted molar refractivity (Wildman–Crippen MR) is 109 cm³/mol. The number of anilines is 2. The summed E-state index contributed by atoms with van der Waals surface area (Å²) < 4.78 is 6.27. The van der Waals surface area contributed by atoms with Crippen molar-refractivity contribution in [2.75, 3.05) is 5.32 Å². The van der Waals surface area contributed by atoms with Gasteiger partial charge in [0, 0.05) is 23.1 Å². The average Bonchev–Trinajstić information content (AvgIpc) is 2.60. The first kappa shape index (κ1) is 17.5. The Hall–Kier alpha value is -2.88. The molecule has 140 valence electrons. The maximum atomic E-state index is 11.1. The number of hydrogen-bond acceptors (Lipinski definition) is 4. The standard InChI is InChI=1S/C23H25NO3/c1-13(2)8-9-16-21(26)17-12-14-6-5-7-18(25)19(14)24-20(17)15-10-11-23(3,4)27-22(15)16/h5-8,10-11,24-26H,9,12H2,1-4H3. The third-order valence-corrected chi connectivity index (χ3v) is 5.14. The number of hydrogen-bond donors (Lipinski definition) is 3. The first-order chi connectivity index (χ1) is 12.8. The van der Waals surface area contributed by atoms with Crippen molar-refractivity contribution in [2.24, 2.45) is 0 Å². The van der Waals surface area contributed by atoms with Gasteiger partial charge in [-0.3, -0.25) is 0 Å². The molecule has 0 spiro atoms. The van der Waals surface area contributed by atoms with Gasteiger partial charge in [0.25, 0.3) is 0 Å². The Morgan fingerprint density at radius 2 is 2.00 bits per heavy atom. The van der Waals surface area contributed by atoms with Gasteiger partial charge in [0.2, 0.25) is 0 Å². The highest BCUT2D eigenvalue weighted by atomic mass is 16.5. The predicted octanol–water partition coefficient (Wildman–Crippen LogP) is 5.44. The molecule has 0 fully saturated rings. The summed E-state index contributed by atoms with van der Waals surface area (Å²) in [6.45, 7) is 8.10. The van der Waals surface area contributed by atoms with E-state index in [-0.39, 0.29) is 11.5 Å². The van der Waals surface area contributed by atoms with Gasteiger partial charge in [-0.05, 0) is 57.9 Å². The van der Waals surface area contributed by atoms with Crippen LogP contribution in [0.5, 0.6) is 17.2 Å². The molecule has 0 unspecified atom stereocenters. The van der Waals surface area contributed by atoms with Crippen LogP contribution in [-0.2, 0) is 12.8 Å². The second-order valence-electron chi connectivity index (χ2n) is 8.06. The van der Waals surface area contributed by atoms with E-state index in [9.17, 15) is 10.2 Å². The van der Waals surface area contributed by atoms with Crippen LogP contribution < -0.4 is 10.1 Å². The van der Waals surface area contributed by atoms with Gasteiger partial charge in [0.15, 0.2) is 0 Å². The monoisotopic (exact) mass is 363 g/mol. The van der Waals surface area contributed by atoms with E-state index in [1.54, 1.807) is 6.07 Å². The lowest BCUT2D eigenvalue weighted by Gasteiger charge is -2.34. The lowest BCUT2D eigenvalue weighted by molar-refractivity contribution is 0.157. The van der Waals surface area contributed by atoms with E-state index in [1.807, 2.05) is 45.9 Å². The fourth-order valence-corrected chi connectivity index (χ4v) is 3.71. The largest absolute Gasteiger partial charge is 0.507 e. The van der Waals surface area contributed by atoms with Crippen molar-refractivity contribution >= 4 is 17.5 Å². The summed E-state index contributed by atoms with van der Waals surface area (Å²) in [5, 5.41) is 24.7. The number of allylic oxidation sites excluding steroid dienone is 2. The number of ether oxygens (including phenoxy) is 1. The number of benzene rings is 2. The van der Waals surface area contributed by atoms with Crippen LogP contribution in [0.3, 0.4) is 0 Å². The van der Waals surface area contributed by atoms with Gasteiger partial charge < -0.3 is 20.3 Å². The van der Waals surface area contributed by atoms with Crippen molar-refractivity contribution in [3.05, 3.63) is 58.2 Å². The van der Waals surface area contributed by atoms with Crippen LogP contribution in [0, 0.1) is 0 Å². The minimum Gasteiger partial charge on any atom is -0.507 e. The number of rotatable bonds is 2. The second kappa shape index (κ2) is 6.08. The lowest BCUT2D eigenvalue weighted by atomic mass is 9.87. The molecule has 0 aromatic heterocycles. The van der Waals surface area contributed by atoms with Crippen LogP contribution in [0.4, 0.5) is 11.4 Å². The number of phenols is 2. The third kappa shape index (κ3) is 2.95. The molecule has 0 bridgehead atoms. The highest BCUT2D eigenvalue weighted by Crippen LogP contribution is 2.51. The Morgan fingerprint density at radius 1 is 1.22 bits per heavy atom. The first-order valence-electron chi connectivity index (χ1n) is 9.27. The van der Waals surface area contributed by atoms with Gasteiger partial charge in [0.05, 0.1) is 11.4 Å². The molecule has 2 aromatic carbocycles. The van der Waals surface area contributed by atoms with Crippen LogP contribution in [0.25, 0.3) is 6.08 Å². The van der Waals surface area contributed by atoms with Gasteiger partial charge in [-0.25, -0.2) is 0 Å². The normalized spacial score (nSPS) is 15.7. The Labute approximate surface area is 159 Å². The lowest BCUT2D eigenvalue weighted by Crippen LogP contribution is -2.29. The number of nitrogens with one attached hydrogen (secondary N) is 1. The number of aromatic hydroxyl groups is 2. The molecule has 0 aliphatic carbocycles. The molecule has 2 aliphatic heterocycles. The molecule has 0 radical (unpaired) electrons. The molecule has 4 heteroatoms. The molecule has 27 heavy (non-hydrogen) atoms. The molecule has 3 N–H and O–H groups in total. The zero-order valence-electron chi connectivity index (χ0n) is 16.2. The summed E-state index contributed by atoms with van der Waals surface area (Å²) in [5.41, 5.74) is 5.80. The van der Waals surface area contributed by atoms with E-state index < -0.39 is 5.60 Å². The van der Waals surface area contributed by atoms with Crippen LogP contribution >= 0.6 is 0 Å². The fourth-order valence-electron chi connectivity index (χ4n) is 3.71. The molecule has 0 amide bonds. The fraction of sp³-hybridized carbons (Fsp3) is 0.304. The summed E-state index contributed by atoms with van der Waals surface area (Å²) in [6, 6.07) is 5.46. The van der Waals surface area contributed by atoms with E-state index in [0.29, 0.717) is 24.3 Å². The van der Waals surface area contributed by atoms with E-state index in [1.165, 1.54) is 5.57 Å². The van der Waals surface area contributed by atoms with Crippen molar-refractivity contribution in [3.63, 3.8) is 0 Å². The Bertz CT molecular complexity index is 995. The average molecular weight is 363 g/mol. The van der Waals surface area contributed by atoms with E-state index in [4.69, 9.17) is 4.74 Å². The van der Waals surface area contributed by atoms with Crippen molar-refractivity contribution < 1.29 is 14.9 Å². The summed E-state index contributed by atoms with van der Waals surface area (Å²) >= 11 is 0. The van der Waals surface area contributed by atoms with Crippen LogP contribution in [-0.4, -0.2) is 15.8 Å². The Balaban J connectivity index is 1.94. The Kier molecular flexibility index (Phi) is 3.95. The van der Waals surface area contributed by atoms with Gasteiger partial charge in [-0.1, -0.05) is 23.8 Å². The molecule has 0 saturated heterocycles. The zero-order chi connectivity index (χ0) is 19.3. The molecule has 4 rings (SSSR count). The number of para-hydroxylation sites is 1. The molecule has 2 heterocycles. The summed E-state index contributed by atoms with van der Waals surface area (Å²) in [5.74, 6) is 1.19. The van der Waals surface area contributed by atoms with Crippen LogP contribution in [0.1, 0.15) is 49.9 Å². The van der Waals surface area contributed by atoms with Crippen molar-refractivity contribution in [1.82, 2.24) is 0 Å². The molecule has 2 aromatic rings. The highest BCUT2D eigenvalue weighted by Gasteiger charge is 2.32.